The van der Waals surface area contributed by atoms with Crippen LogP contribution in [0.5, 0.6) is 5.75 Å². The Kier molecular flexibility index (Phi) is 5.86. The lowest BCUT2D eigenvalue weighted by atomic mass is 9.51. The highest BCUT2D eigenvalue weighted by atomic mass is 16.5. The molecule has 0 heterocycles. The van der Waals surface area contributed by atoms with Crippen LogP contribution < -0.4 is 4.74 Å². The monoisotopic (exact) mass is 448 g/mol. The van der Waals surface area contributed by atoms with Crippen molar-refractivity contribution in [1.29, 1.82) is 0 Å². The summed E-state index contributed by atoms with van der Waals surface area (Å²) in [6, 6.07) is 8.57. The lowest BCUT2D eigenvalue weighted by Crippen LogP contribution is -2.51. The zero-order chi connectivity index (χ0) is 23.2. The number of ketones is 1. The van der Waals surface area contributed by atoms with E-state index in [-0.39, 0.29) is 23.4 Å². The van der Waals surface area contributed by atoms with E-state index in [1.807, 2.05) is 19.3 Å². The zero-order valence-corrected chi connectivity index (χ0v) is 20.1. The van der Waals surface area contributed by atoms with E-state index in [0.29, 0.717) is 24.2 Å². The molecular formula is C29H36O4. The first-order chi connectivity index (χ1) is 16.0. The van der Waals surface area contributed by atoms with Crippen molar-refractivity contribution < 1.29 is 19.4 Å². The first-order valence-corrected chi connectivity index (χ1v) is 12.4. The summed E-state index contributed by atoms with van der Waals surface area (Å²) in [7, 11) is 3.54. The van der Waals surface area contributed by atoms with Gasteiger partial charge >= 0.3 is 0 Å². The van der Waals surface area contributed by atoms with E-state index in [9.17, 15) is 9.90 Å². The molecule has 0 aromatic heterocycles. The van der Waals surface area contributed by atoms with Gasteiger partial charge in [-0.15, -0.1) is 0 Å². The molecule has 1 unspecified atom stereocenters. The van der Waals surface area contributed by atoms with Crippen molar-refractivity contribution in [2.24, 2.45) is 17.3 Å². The SMILES string of the molecule is COc1ccc([C@H]2CC3(C)[C@@H](CC[C@]3(/C=C\CO)OC)[C@@H]3CCC4=CC(=O)CCC4=C32)cc1. The Morgan fingerprint density at radius 2 is 1.91 bits per heavy atom. The lowest BCUT2D eigenvalue weighted by molar-refractivity contribution is -0.114. The molecule has 5 atom stereocenters. The fourth-order valence-electron chi connectivity index (χ4n) is 7.74. The molecule has 0 spiro atoms. The largest absolute Gasteiger partial charge is 0.497 e. The number of aliphatic hydroxyl groups excluding tert-OH is 1. The van der Waals surface area contributed by atoms with Crippen molar-refractivity contribution in [3.05, 3.63) is 64.8 Å². The molecule has 4 aliphatic carbocycles. The summed E-state index contributed by atoms with van der Waals surface area (Å²) in [5.41, 5.74) is 5.28. The smallest absolute Gasteiger partial charge is 0.156 e. The Morgan fingerprint density at radius 3 is 2.61 bits per heavy atom. The van der Waals surface area contributed by atoms with Gasteiger partial charge in [-0.2, -0.15) is 0 Å². The summed E-state index contributed by atoms with van der Waals surface area (Å²) in [4.78, 5) is 12.2. The van der Waals surface area contributed by atoms with Crippen LogP contribution in [0, 0.1) is 17.3 Å². The second-order valence-electron chi connectivity index (χ2n) is 10.5. The molecule has 0 aliphatic heterocycles. The van der Waals surface area contributed by atoms with Crippen molar-refractivity contribution >= 4 is 5.78 Å². The van der Waals surface area contributed by atoms with Crippen LogP contribution in [0.15, 0.2) is 59.2 Å². The minimum atomic E-state index is -0.361. The third-order valence-electron chi connectivity index (χ3n) is 9.29. The first-order valence-electron chi connectivity index (χ1n) is 12.4. The zero-order valence-electron chi connectivity index (χ0n) is 20.1. The maximum atomic E-state index is 12.2. The second-order valence-corrected chi connectivity index (χ2v) is 10.5. The molecule has 0 saturated heterocycles. The molecule has 1 N–H and O–H groups in total. The summed E-state index contributed by atoms with van der Waals surface area (Å²) in [6.07, 6.45) is 12.7. The molecule has 0 amide bonds. The van der Waals surface area contributed by atoms with Crippen molar-refractivity contribution in [3.8, 4) is 5.75 Å². The van der Waals surface area contributed by atoms with Crippen LogP contribution in [0.25, 0.3) is 0 Å². The molecule has 2 saturated carbocycles. The minimum Gasteiger partial charge on any atom is -0.497 e. The number of carbonyl (C=O) groups is 1. The Hall–Kier alpha value is -2.17. The fourth-order valence-corrected chi connectivity index (χ4v) is 7.74. The number of allylic oxidation sites excluding steroid dienone is 4. The molecule has 33 heavy (non-hydrogen) atoms. The van der Waals surface area contributed by atoms with E-state index in [4.69, 9.17) is 9.47 Å². The molecule has 4 heteroatoms. The highest BCUT2D eigenvalue weighted by Crippen LogP contribution is 2.67. The average Bonchev–Trinajstić information content (AvgIpc) is 3.14. The molecule has 2 fully saturated rings. The number of hydrogen-bond donors (Lipinski definition) is 1. The molecule has 1 aromatic carbocycles. The van der Waals surface area contributed by atoms with E-state index in [2.05, 4.69) is 37.3 Å². The quantitative estimate of drug-likeness (QED) is 0.602. The number of rotatable bonds is 5. The van der Waals surface area contributed by atoms with Gasteiger partial charge in [0.2, 0.25) is 0 Å². The van der Waals surface area contributed by atoms with E-state index < -0.39 is 0 Å². The van der Waals surface area contributed by atoms with Crippen molar-refractivity contribution in [1.82, 2.24) is 0 Å². The number of fused-ring (bicyclic) bond motifs is 4. The summed E-state index contributed by atoms with van der Waals surface area (Å²) >= 11 is 0. The number of hydrogen-bond acceptors (Lipinski definition) is 4. The standard InChI is InChI=1S/C29H36O4/c1-28-18-25(19-5-9-22(32-2)10-6-19)27-23-12-8-21(31)17-20(23)7-11-24(27)26(28)13-15-29(28,33-3)14-4-16-30/h4-6,9-10,14,17,24-26,30H,7-8,11-13,15-16,18H2,1-3H3/b14-4-/t24-,25+,26-,28?,29-/m0/s1. The molecule has 4 aliphatic rings. The van der Waals surface area contributed by atoms with Gasteiger partial charge in [0.1, 0.15) is 5.75 Å². The van der Waals surface area contributed by atoms with Gasteiger partial charge in [-0.25, -0.2) is 0 Å². The van der Waals surface area contributed by atoms with E-state index >= 15 is 0 Å². The Morgan fingerprint density at radius 1 is 1.12 bits per heavy atom. The molecule has 176 valence electrons. The van der Waals surface area contributed by atoms with E-state index in [1.165, 1.54) is 16.7 Å². The van der Waals surface area contributed by atoms with Crippen LogP contribution in [0.4, 0.5) is 0 Å². The predicted octanol–water partition coefficient (Wildman–Crippen LogP) is 5.53. The van der Waals surface area contributed by atoms with Gasteiger partial charge in [0.25, 0.3) is 0 Å². The maximum absolute atomic E-state index is 12.2. The molecule has 0 radical (unpaired) electrons. The van der Waals surface area contributed by atoms with Crippen LogP contribution in [0.1, 0.15) is 63.4 Å². The maximum Gasteiger partial charge on any atom is 0.156 e. The van der Waals surface area contributed by atoms with Crippen LogP contribution >= 0.6 is 0 Å². The number of methoxy groups -OCH3 is 2. The molecule has 1 aromatic rings. The topological polar surface area (TPSA) is 55.8 Å². The summed E-state index contributed by atoms with van der Waals surface area (Å²) in [5.74, 6) is 2.50. The van der Waals surface area contributed by atoms with Crippen LogP contribution in [0.3, 0.4) is 0 Å². The number of ether oxygens (including phenoxy) is 2. The molecule has 5 rings (SSSR count). The van der Waals surface area contributed by atoms with Crippen molar-refractivity contribution in [3.63, 3.8) is 0 Å². The van der Waals surface area contributed by atoms with Gasteiger partial charge < -0.3 is 14.6 Å². The third-order valence-corrected chi connectivity index (χ3v) is 9.29. The fraction of sp³-hybridized carbons (Fsp3) is 0.552. The third kappa shape index (κ3) is 3.45. The highest BCUT2D eigenvalue weighted by Gasteiger charge is 2.62. The highest BCUT2D eigenvalue weighted by molar-refractivity contribution is 5.93. The van der Waals surface area contributed by atoms with Gasteiger partial charge in [0, 0.05) is 24.9 Å². The number of benzene rings is 1. The van der Waals surface area contributed by atoms with Gasteiger partial charge in [-0.1, -0.05) is 36.8 Å². The van der Waals surface area contributed by atoms with Gasteiger partial charge in [0.05, 0.1) is 19.3 Å². The first kappa shape index (κ1) is 22.6. The Labute approximate surface area is 197 Å². The van der Waals surface area contributed by atoms with Crippen molar-refractivity contribution in [2.75, 3.05) is 20.8 Å². The summed E-state index contributed by atoms with van der Waals surface area (Å²) in [5, 5.41) is 9.54. The number of carbonyl (C=O) groups excluding carboxylic acids is 1. The van der Waals surface area contributed by atoms with Gasteiger partial charge in [-0.3, -0.25) is 4.79 Å². The number of aliphatic hydroxyl groups is 1. The van der Waals surface area contributed by atoms with E-state index in [0.717, 1.165) is 44.3 Å². The average molecular weight is 449 g/mol. The Bertz CT molecular complexity index is 1020. The van der Waals surface area contributed by atoms with Gasteiger partial charge in [-0.05, 0) is 85.3 Å². The van der Waals surface area contributed by atoms with Crippen LogP contribution in [0.2, 0.25) is 0 Å². The molecular weight excluding hydrogens is 412 g/mol. The van der Waals surface area contributed by atoms with E-state index in [1.54, 1.807) is 12.7 Å². The van der Waals surface area contributed by atoms with Crippen LogP contribution in [-0.4, -0.2) is 37.3 Å². The summed E-state index contributed by atoms with van der Waals surface area (Å²) < 4.78 is 11.7. The van der Waals surface area contributed by atoms with Crippen molar-refractivity contribution in [2.45, 2.75) is 63.4 Å². The second kappa shape index (κ2) is 8.56. The Balaban J connectivity index is 1.67. The molecule has 4 nitrogen and oxygen atoms in total. The lowest BCUT2D eigenvalue weighted by Gasteiger charge is -2.55. The minimum absolute atomic E-state index is 0.0293. The normalized spacial score (nSPS) is 35.8. The van der Waals surface area contributed by atoms with Crippen LogP contribution in [-0.2, 0) is 9.53 Å². The predicted molar refractivity (Wildman–Crippen MR) is 129 cm³/mol. The van der Waals surface area contributed by atoms with Gasteiger partial charge in [0.15, 0.2) is 5.78 Å². The molecule has 0 bridgehead atoms. The summed E-state index contributed by atoms with van der Waals surface area (Å²) in [6.45, 7) is 2.46.